The van der Waals surface area contributed by atoms with Crippen LogP contribution in [-0.2, 0) is 4.74 Å². The van der Waals surface area contributed by atoms with Gasteiger partial charge in [0.05, 0.1) is 19.9 Å². The largest absolute Gasteiger partial charge is 0.497 e. The predicted molar refractivity (Wildman–Crippen MR) is 96.0 cm³/mol. The minimum absolute atomic E-state index is 0.281. The van der Waals surface area contributed by atoms with Crippen LogP contribution in [0.25, 0.3) is 22.9 Å². The molecule has 28 heavy (non-hydrogen) atoms. The maximum absolute atomic E-state index is 10.4. The van der Waals surface area contributed by atoms with Gasteiger partial charge in [0.15, 0.2) is 12.1 Å². The number of aromatic nitrogens is 5. The van der Waals surface area contributed by atoms with Crippen LogP contribution in [0.1, 0.15) is 6.23 Å². The minimum atomic E-state index is -1.29. The predicted octanol–water partition coefficient (Wildman–Crippen LogP) is 0.0222. The first kappa shape index (κ1) is 18.4. The molecule has 4 atom stereocenters. The first-order valence-corrected chi connectivity index (χ1v) is 8.62. The maximum atomic E-state index is 10.4. The van der Waals surface area contributed by atoms with Crippen LogP contribution in [0, 0.1) is 0 Å². The van der Waals surface area contributed by atoms with Gasteiger partial charge in [0.25, 0.3) is 0 Å². The number of aliphatic hydroxyl groups excluding tert-OH is 3. The van der Waals surface area contributed by atoms with Gasteiger partial charge in [-0.15, -0.1) is 5.10 Å². The second-order valence-corrected chi connectivity index (χ2v) is 6.26. The summed E-state index contributed by atoms with van der Waals surface area (Å²) in [7, 11) is 1.56. The number of hydrogen-bond donors (Lipinski definition) is 3. The van der Waals surface area contributed by atoms with E-state index in [-0.39, 0.29) is 5.82 Å². The van der Waals surface area contributed by atoms with E-state index in [1.165, 1.54) is 23.3 Å². The zero-order valence-electron chi connectivity index (χ0n) is 15.0. The average molecular weight is 385 g/mol. The molecule has 0 saturated carbocycles. The van der Waals surface area contributed by atoms with E-state index in [1.807, 2.05) is 6.07 Å². The second kappa shape index (κ2) is 7.60. The fourth-order valence-corrected chi connectivity index (χ4v) is 3.06. The van der Waals surface area contributed by atoms with Gasteiger partial charge < -0.3 is 24.8 Å². The highest BCUT2D eigenvalue weighted by atomic mass is 16.6. The van der Waals surface area contributed by atoms with Crippen LogP contribution >= 0.6 is 0 Å². The monoisotopic (exact) mass is 385 g/mol. The van der Waals surface area contributed by atoms with E-state index in [0.717, 1.165) is 0 Å². The van der Waals surface area contributed by atoms with Crippen LogP contribution < -0.4 is 4.74 Å². The van der Waals surface area contributed by atoms with Gasteiger partial charge in [-0.05, 0) is 12.1 Å². The summed E-state index contributed by atoms with van der Waals surface area (Å²) < 4.78 is 12.3. The molecular weight excluding hydrogens is 366 g/mol. The Morgan fingerprint density at radius 3 is 2.75 bits per heavy atom. The molecule has 0 amide bonds. The number of hydrogen-bond acceptors (Lipinski definition) is 9. The molecule has 0 aliphatic carbocycles. The fraction of sp³-hybridized carbons (Fsp3) is 0.333. The lowest BCUT2D eigenvalue weighted by molar-refractivity contribution is -0.0577. The smallest absolute Gasteiger partial charge is 0.202 e. The second-order valence-electron chi connectivity index (χ2n) is 6.26. The minimum Gasteiger partial charge on any atom is -0.497 e. The van der Waals surface area contributed by atoms with E-state index in [0.29, 0.717) is 22.8 Å². The summed E-state index contributed by atoms with van der Waals surface area (Å²) in [4.78, 5) is 12.8. The lowest BCUT2D eigenvalue weighted by atomic mass is 10.1. The van der Waals surface area contributed by atoms with Gasteiger partial charge in [0.2, 0.25) is 5.82 Å². The molecule has 3 N–H and O–H groups in total. The highest BCUT2D eigenvalue weighted by Gasteiger charge is 2.45. The van der Waals surface area contributed by atoms with Gasteiger partial charge in [-0.2, -0.15) is 0 Å². The number of ether oxygens (including phenoxy) is 2. The zero-order valence-corrected chi connectivity index (χ0v) is 15.0. The summed E-state index contributed by atoms with van der Waals surface area (Å²) in [6, 6.07) is 7.17. The SMILES string of the molecule is COc1cccc(-c2nc(-c3cnccn3)nn2[C@@H]2O[C@H](CO)[C@@H](O)[C@H]2O)c1. The van der Waals surface area contributed by atoms with Gasteiger partial charge in [0, 0.05) is 18.0 Å². The van der Waals surface area contributed by atoms with E-state index < -0.39 is 31.1 Å². The molecule has 1 fully saturated rings. The summed E-state index contributed by atoms with van der Waals surface area (Å²) in [6.45, 7) is -0.436. The van der Waals surface area contributed by atoms with Crippen molar-refractivity contribution in [2.45, 2.75) is 24.5 Å². The Morgan fingerprint density at radius 2 is 2.07 bits per heavy atom. The molecule has 1 saturated heterocycles. The fourth-order valence-electron chi connectivity index (χ4n) is 3.06. The summed E-state index contributed by atoms with van der Waals surface area (Å²) in [5.74, 6) is 1.28. The van der Waals surface area contributed by atoms with Crippen molar-refractivity contribution in [1.82, 2.24) is 24.7 Å². The molecule has 3 heterocycles. The molecule has 3 aromatic rings. The molecular formula is C18H19N5O5. The van der Waals surface area contributed by atoms with Gasteiger partial charge in [-0.25, -0.2) is 14.6 Å². The first-order chi connectivity index (χ1) is 13.6. The molecule has 10 heteroatoms. The Kier molecular flexibility index (Phi) is 5.01. The molecule has 1 aliphatic heterocycles. The normalized spacial score (nSPS) is 24.4. The Morgan fingerprint density at radius 1 is 1.21 bits per heavy atom. The number of nitrogens with zero attached hydrogens (tertiary/aromatic N) is 5. The van der Waals surface area contributed by atoms with Crippen LogP contribution in [0.2, 0.25) is 0 Å². The third-order valence-corrected chi connectivity index (χ3v) is 4.51. The Hall–Kier alpha value is -2.92. The molecule has 0 radical (unpaired) electrons. The van der Waals surface area contributed by atoms with Crippen LogP contribution in [-0.4, -0.2) is 72.1 Å². The molecule has 10 nitrogen and oxygen atoms in total. The lowest BCUT2D eigenvalue weighted by Crippen LogP contribution is -2.33. The molecule has 2 aromatic heterocycles. The number of benzene rings is 1. The molecule has 1 aliphatic rings. The van der Waals surface area contributed by atoms with E-state index in [4.69, 9.17) is 9.47 Å². The Bertz CT molecular complexity index is 951. The summed E-state index contributed by atoms with van der Waals surface area (Å²) in [5.41, 5.74) is 1.11. The lowest BCUT2D eigenvalue weighted by Gasteiger charge is -2.17. The molecule has 1 aromatic carbocycles. The number of methoxy groups -OCH3 is 1. The zero-order chi connectivity index (χ0) is 19.7. The van der Waals surface area contributed by atoms with Crippen LogP contribution in [0.5, 0.6) is 5.75 Å². The standard InChI is InChI=1S/C18H19N5O5/c1-27-11-4-2-3-10(7-11)17-21-16(12-8-19-5-6-20-12)22-23(17)18-15(26)14(25)13(9-24)28-18/h2-8,13-15,18,24-26H,9H2,1H3/t13-,14-,15-,18-/m1/s1. The van der Waals surface area contributed by atoms with Crippen molar-refractivity contribution < 1.29 is 24.8 Å². The maximum Gasteiger partial charge on any atom is 0.202 e. The number of rotatable bonds is 5. The third kappa shape index (κ3) is 3.22. The van der Waals surface area contributed by atoms with Crippen molar-refractivity contribution >= 4 is 0 Å². The van der Waals surface area contributed by atoms with E-state index >= 15 is 0 Å². The Balaban J connectivity index is 1.83. The molecule has 0 bridgehead atoms. The van der Waals surface area contributed by atoms with E-state index in [1.54, 1.807) is 25.3 Å². The van der Waals surface area contributed by atoms with E-state index in [2.05, 4.69) is 20.1 Å². The van der Waals surface area contributed by atoms with Crippen LogP contribution in [0.4, 0.5) is 0 Å². The summed E-state index contributed by atoms with van der Waals surface area (Å²) >= 11 is 0. The molecule has 4 rings (SSSR count). The van der Waals surface area contributed by atoms with Gasteiger partial charge >= 0.3 is 0 Å². The van der Waals surface area contributed by atoms with Crippen molar-refractivity contribution in [2.24, 2.45) is 0 Å². The van der Waals surface area contributed by atoms with Crippen molar-refractivity contribution in [3.63, 3.8) is 0 Å². The Labute approximate surface area is 160 Å². The number of aliphatic hydroxyl groups is 3. The van der Waals surface area contributed by atoms with Crippen molar-refractivity contribution in [3.8, 4) is 28.7 Å². The topological polar surface area (TPSA) is 136 Å². The van der Waals surface area contributed by atoms with Gasteiger partial charge in [0.1, 0.15) is 29.8 Å². The van der Waals surface area contributed by atoms with Crippen molar-refractivity contribution in [2.75, 3.05) is 13.7 Å². The van der Waals surface area contributed by atoms with Crippen molar-refractivity contribution in [1.29, 1.82) is 0 Å². The summed E-state index contributed by atoms with van der Waals surface area (Å²) in [6.07, 6.45) is 0.0686. The van der Waals surface area contributed by atoms with E-state index in [9.17, 15) is 15.3 Å². The molecule has 0 spiro atoms. The average Bonchev–Trinajstić information content (AvgIpc) is 3.30. The van der Waals surface area contributed by atoms with Gasteiger partial charge in [-0.1, -0.05) is 12.1 Å². The quantitative estimate of drug-likeness (QED) is 0.555. The first-order valence-electron chi connectivity index (χ1n) is 8.62. The summed E-state index contributed by atoms with van der Waals surface area (Å²) in [5, 5.41) is 34.4. The molecule has 0 unspecified atom stereocenters. The van der Waals surface area contributed by atoms with Gasteiger partial charge in [-0.3, -0.25) is 4.98 Å². The van der Waals surface area contributed by atoms with Crippen molar-refractivity contribution in [3.05, 3.63) is 42.9 Å². The third-order valence-electron chi connectivity index (χ3n) is 4.51. The van der Waals surface area contributed by atoms with Crippen LogP contribution in [0.3, 0.4) is 0 Å². The highest BCUT2D eigenvalue weighted by molar-refractivity contribution is 5.61. The highest BCUT2D eigenvalue weighted by Crippen LogP contribution is 2.34. The molecule has 146 valence electrons. The van der Waals surface area contributed by atoms with Crippen LogP contribution in [0.15, 0.2) is 42.9 Å².